The van der Waals surface area contributed by atoms with Gasteiger partial charge in [-0.15, -0.1) is 11.3 Å². The van der Waals surface area contributed by atoms with Crippen molar-refractivity contribution in [2.75, 3.05) is 6.26 Å². The third-order valence-corrected chi connectivity index (χ3v) is 8.58. The highest BCUT2D eigenvalue weighted by Crippen LogP contribution is 2.31. The van der Waals surface area contributed by atoms with Crippen molar-refractivity contribution < 1.29 is 18.8 Å². The van der Waals surface area contributed by atoms with E-state index in [1.807, 2.05) is 6.07 Å². The first-order valence-electron chi connectivity index (χ1n) is 8.68. The second kappa shape index (κ2) is 9.43. The second-order valence-electron chi connectivity index (χ2n) is 6.84. The van der Waals surface area contributed by atoms with E-state index in [0.717, 1.165) is 29.3 Å². The predicted octanol–water partition coefficient (Wildman–Crippen LogP) is 5.15. The Labute approximate surface area is 173 Å². The summed E-state index contributed by atoms with van der Waals surface area (Å²) in [6.07, 6.45) is 4.70. The van der Waals surface area contributed by atoms with Crippen LogP contribution in [0.25, 0.3) is 10.4 Å². The van der Waals surface area contributed by atoms with Gasteiger partial charge in [0.25, 0.3) is 0 Å². The molecule has 0 fully saturated rings. The first-order chi connectivity index (χ1) is 12.7. The maximum atomic E-state index is 12.0. The maximum absolute atomic E-state index is 12.0. The lowest BCUT2D eigenvalue weighted by atomic mass is 9.99. The minimum Gasteiger partial charge on any atom is -0.288 e. The van der Waals surface area contributed by atoms with E-state index < -0.39 is 20.9 Å². The number of aryl methyl sites for hydroxylation is 1. The molecule has 2 aromatic rings. The fourth-order valence-corrected chi connectivity index (χ4v) is 5.17. The standard InChI is InChI=1S/C19H24BrNO4S2/c1-19(18(22)21-23,27(2,24)25)13-5-3-4-6-14-7-9-15(10-8-14)16-11-12-17(20)26-16/h7-12H,3-6,13H2,1-2H3,(H2-,21,22,23,24,25)/p+1. The number of hydrogen-bond donors (Lipinski definition) is 3. The van der Waals surface area contributed by atoms with Gasteiger partial charge in [0.05, 0.1) is 3.79 Å². The summed E-state index contributed by atoms with van der Waals surface area (Å²) < 4.78 is 21.5. The highest BCUT2D eigenvalue weighted by Gasteiger charge is 2.52. The molecule has 0 bridgehead atoms. The number of unbranched alkanes of at least 4 members (excludes halogenated alkanes) is 2. The molecule has 148 valence electrons. The fraction of sp³-hybridized carbons (Fsp3) is 0.421. The Morgan fingerprint density at radius 1 is 1.19 bits per heavy atom. The SMILES string of the molecule is CC(CCCCCc1ccc(-c2ccc(Br)s2)cc1)(C(=O)NO)[S+](C)(=O)O. The van der Waals surface area contributed by atoms with Gasteiger partial charge in [-0.1, -0.05) is 34.9 Å². The molecule has 2 rings (SSSR count). The van der Waals surface area contributed by atoms with Crippen LogP contribution >= 0.6 is 27.3 Å². The van der Waals surface area contributed by atoms with Gasteiger partial charge in [-0.25, -0.2) is 5.48 Å². The number of halogens is 1. The van der Waals surface area contributed by atoms with Crippen LogP contribution in [0, 0.1) is 0 Å². The smallest absolute Gasteiger partial charge is 0.288 e. The Morgan fingerprint density at radius 3 is 2.37 bits per heavy atom. The lowest BCUT2D eigenvalue weighted by Gasteiger charge is -2.23. The lowest BCUT2D eigenvalue weighted by Crippen LogP contribution is -2.51. The molecule has 2 atom stereocenters. The number of carbonyl (C=O) groups is 1. The quantitative estimate of drug-likeness (QED) is 0.203. The summed E-state index contributed by atoms with van der Waals surface area (Å²) in [5.41, 5.74) is 3.96. The van der Waals surface area contributed by atoms with E-state index in [2.05, 4.69) is 46.3 Å². The van der Waals surface area contributed by atoms with Gasteiger partial charge in [0.2, 0.25) is 15.0 Å². The zero-order valence-electron chi connectivity index (χ0n) is 15.4. The van der Waals surface area contributed by atoms with Crippen molar-refractivity contribution in [1.82, 2.24) is 5.48 Å². The molecule has 8 heteroatoms. The summed E-state index contributed by atoms with van der Waals surface area (Å²) in [4.78, 5) is 13.0. The number of thiophene rings is 1. The van der Waals surface area contributed by atoms with Crippen LogP contribution in [0.3, 0.4) is 0 Å². The van der Waals surface area contributed by atoms with Gasteiger partial charge in [0.15, 0.2) is 0 Å². The van der Waals surface area contributed by atoms with Crippen LogP contribution in [-0.4, -0.2) is 26.7 Å². The van der Waals surface area contributed by atoms with Crippen molar-refractivity contribution in [3.8, 4) is 10.4 Å². The van der Waals surface area contributed by atoms with Crippen LogP contribution in [0.15, 0.2) is 40.2 Å². The van der Waals surface area contributed by atoms with Crippen molar-refractivity contribution in [3.05, 3.63) is 45.7 Å². The van der Waals surface area contributed by atoms with Gasteiger partial charge in [0.1, 0.15) is 6.26 Å². The molecule has 0 radical (unpaired) electrons. The van der Waals surface area contributed by atoms with E-state index in [1.165, 1.54) is 28.4 Å². The highest BCUT2D eigenvalue weighted by molar-refractivity contribution is 9.11. The number of hydrogen-bond acceptors (Lipinski definition) is 4. The van der Waals surface area contributed by atoms with E-state index in [4.69, 9.17) is 5.21 Å². The lowest BCUT2D eigenvalue weighted by molar-refractivity contribution is -0.131. The largest absolute Gasteiger partial charge is 0.301 e. The molecule has 2 unspecified atom stereocenters. The third kappa shape index (κ3) is 5.71. The van der Waals surface area contributed by atoms with Gasteiger partial charge in [-0.2, -0.15) is 4.55 Å². The van der Waals surface area contributed by atoms with Crippen molar-refractivity contribution >= 4 is 43.4 Å². The number of carbonyl (C=O) groups excluding carboxylic acids is 1. The highest BCUT2D eigenvalue weighted by atomic mass is 79.9. The summed E-state index contributed by atoms with van der Waals surface area (Å²) in [5.74, 6) is -0.812. The van der Waals surface area contributed by atoms with Crippen LogP contribution in [0.5, 0.6) is 0 Å². The Kier molecular flexibility index (Phi) is 7.76. The molecule has 3 N–H and O–H groups in total. The Hall–Kier alpha value is -1.06. The molecule has 1 aromatic carbocycles. The fourth-order valence-electron chi connectivity index (χ4n) is 2.87. The summed E-state index contributed by atoms with van der Waals surface area (Å²) in [5, 5.41) is 8.85. The van der Waals surface area contributed by atoms with E-state index >= 15 is 0 Å². The van der Waals surface area contributed by atoms with Crippen molar-refractivity contribution in [1.29, 1.82) is 0 Å². The second-order valence-corrected chi connectivity index (χ2v) is 11.8. The monoisotopic (exact) mass is 474 g/mol. The van der Waals surface area contributed by atoms with Gasteiger partial charge < -0.3 is 0 Å². The first kappa shape index (κ1) is 22.2. The molecule has 1 heterocycles. The van der Waals surface area contributed by atoms with Crippen LogP contribution in [-0.2, 0) is 25.6 Å². The minimum absolute atomic E-state index is 0.247. The Morgan fingerprint density at radius 2 is 1.85 bits per heavy atom. The van der Waals surface area contributed by atoms with Gasteiger partial charge in [-0.3, -0.25) is 10.0 Å². The first-order valence-corrected chi connectivity index (χ1v) is 12.2. The van der Waals surface area contributed by atoms with Crippen LogP contribution in [0.4, 0.5) is 0 Å². The van der Waals surface area contributed by atoms with E-state index in [0.29, 0.717) is 6.42 Å². The molecule has 27 heavy (non-hydrogen) atoms. The molecule has 5 nitrogen and oxygen atoms in total. The zero-order valence-corrected chi connectivity index (χ0v) is 18.6. The average molecular weight is 475 g/mol. The molecular weight excluding hydrogens is 450 g/mol. The van der Waals surface area contributed by atoms with E-state index in [-0.39, 0.29) is 6.42 Å². The Bertz CT molecular complexity index is 815. The van der Waals surface area contributed by atoms with Crippen molar-refractivity contribution in [3.63, 3.8) is 0 Å². The zero-order chi connectivity index (χ0) is 20.1. The molecule has 1 amide bonds. The molecular formula is C19H25BrNO4S2+. The van der Waals surface area contributed by atoms with Crippen LogP contribution < -0.4 is 5.48 Å². The number of amides is 1. The van der Waals surface area contributed by atoms with Gasteiger partial charge in [-0.05, 0) is 65.4 Å². The van der Waals surface area contributed by atoms with E-state index in [9.17, 15) is 13.6 Å². The molecule has 0 saturated heterocycles. The number of rotatable bonds is 9. The number of hydroxylamine groups is 1. The molecule has 0 aliphatic heterocycles. The summed E-state index contributed by atoms with van der Waals surface area (Å²) in [7, 11) is -3.37. The van der Waals surface area contributed by atoms with Crippen LogP contribution in [0.1, 0.15) is 38.2 Å². The molecule has 0 aliphatic carbocycles. The topological polar surface area (TPSA) is 86.6 Å². The number of benzene rings is 1. The number of nitrogens with one attached hydrogen (secondary N) is 1. The normalized spacial score (nSPS) is 15.7. The summed E-state index contributed by atoms with van der Waals surface area (Å²) >= 11 is 5.18. The maximum Gasteiger partial charge on any atom is 0.301 e. The molecule has 0 saturated carbocycles. The third-order valence-electron chi connectivity index (χ3n) is 4.85. The molecule has 0 spiro atoms. The predicted molar refractivity (Wildman–Crippen MR) is 115 cm³/mol. The van der Waals surface area contributed by atoms with Crippen molar-refractivity contribution in [2.24, 2.45) is 0 Å². The minimum atomic E-state index is -3.37. The molecule has 1 aromatic heterocycles. The van der Waals surface area contributed by atoms with Gasteiger partial charge in [0, 0.05) is 11.3 Å². The Balaban J connectivity index is 1.82. The van der Waals surface area contributed by atoms with Crippen LogP contribution in [0.2, 0.25) is 0 Å². The van der Waals surface area contributed by atoms with Crippen molar-refractivity contribution in [2.45, 2.75) is 43.8 Å². The average Bonchev–Trinajstić information content (AvgIpc) is 3.06. The van der Waals surface area contributed by atoms with Gasteiger partial charge >= 0.3 is 5.91 Å². The molecule has 0 aliphatic rings. The summed E-state index contributed by atoms with van der Waals surface area (Å²) in [6.45, 7) is 1.42. The van der Waals surface area contributed by atoms with E-state index in [1.54, 1.807) is 11.3 Å². The summed E-state index contributed by atoms with van der Waals surface area (Å²) in [6, 6.07) is 12.6.